The maximum absolute atomic E-state index is 11.9. The molecule has 3 rings (SSSR count). The number of hydrogen-bond donors (Lipinski definition) is 1. The molecule has 0 aliphatic carbocycles. The number of hydrogen-bond acceptors (Lipinski definition) is 5. The Morgan fingerprint density at radius 3 is 2.85 bits per heavy atom. The summed E-state index contributed by atoms with van der Waals surface area (Å²) in [5, 5.41) is 0. The third-order valence-electron chi connectivity index (χ3n) is 4.27. The van der Waals surface area contributed by atoms with Gasteiger partial charge in [-0.15, -0.1) is 0 Å². The van der Waals surface area contributed by atoms with Crippen molar-refractivity contribution in [2.45, 2.75) is 26.7 Å². The zero-order valence-electron chi connectivity index (χ0n) is 15.0. The Kier molecular flexibility index (Phi) is 5.28. The maximum atomic E-state index is 11.9. The third kappa shape index (κ3) is 3.89. The number of nitrogens with two attached hydrogens (primary N) is 1. The summed E-state index contributed by atoms with van der Waals surface area (Å²) in [4.78, 5) is 26.5. The summed E-state index contributed by atoms with van der Waals surface area (Å²) in [5.74, 6) is 6.68. The first-order valence-electron chi connectivity index (χ1n) is 8.61. The Balaban J connectivity index is 1.96. The standard InChI is InChI=1S/C20H21N5O/c1-3-18(26)25-11-8-16(9-12-25)19-17(14(2)23-20(21)24-19)7-6-15-5-4-10-22-13-15/h4-5,8,10,13H,3,9,11-12H2,1-2H3,(H2,21,23,24). The first kappa shape index (κ1) is 17.6. The van der Waals surface area contributed by atoms with Crippen LogP contribution in [-0.4, -0.2) is 38.8 Å². The lowest BCUT2D eigenvalue weighted by Gasteiger charge is -2.26. The highest BCUT2D eigenvalue weighted by atomic mass is 16.2. The van der Waals surface area contributed by atoms with Crippen LogP contribution in [0.1, 0.15) is 42.3 Å². The van der Waals surface area contributed by atoms with Crippen LogP contribution in [0.4, 0.5) is 5.95 Å². The quantitative estimate of drug-likeness (QED) is 0.842. The summed E-state index contributed by atoms with van der Waals surface area (Å²) in [6.45, 7) is 5.02. The number of pyridine rings is 1. The van der Waals surface area contributed by atoms with Crippen molar-refractivity contribution in [2.75, 3.05) is 18.8 Å². The second-order valence-electron chi connectivity index (χ2n) is 6.06. The monoisotopic (exact) mass is 347 g/mol. The Bertz CT molecular complexity index is 909. The average molecular weight is 347 g/mol. The molecule has 0 aromatic carbocycles. The van der Waals surface area contributed by atoms with Gasteiger partial charge in [-0.25, -0.2) is 9.97 Å². The van der Waals surface area contributed by atoms with E-state index in [1.54, 1.807) is 12.4 Å². The van der Waals surface area contributed by atoms with E-state index >= 15 is 0 Å². The molecule has 132 valence electrons. The van der Waals surface area contributed by atoms with E-state index in [2.05, 4.69) is 26.8 Å². The van der Waals surface area contributed by atoms with Gasteiger partial charge in [0.05, 0.1) is 17.0 Å². The maximum Gasteiger partial charge on any atom is 0.222 e. The summed E-state index contributed by atoms with van der Waals surface area (Å²) in [6, 6.07) is 3.75. The number of amides is 1. The van der Waals surface area contributed by atoms with Gasteiger partial charge in [0.1, 0.15) is 0 Å². The van der Waals surface area contributed by atoms with Gasteiger partial charge < -0.3 is 10.6 Å². The van der Waals surface area contributed by atoms with Crippen LogP contribution in [0, 0.1) is 18.8 Å². The van der Waals surface area contributed by atoms with E-state index in [0.29, 0.717) is 19.5 Å². The normalized spacial score (nSPS) is 13.6. The van der Waals surface area contributed by atoms with Crippen LogP contribution in [0.15, 0.2) is 30.6 Å². The van der Waals surface area contributed by atoms with Gasteiger partial charge in [-0.05, 0) is 31.1 Å². The molecule has 6 nitrogen and oxygen atoms in total. The van der Waals surface area contributed by atoms with Crippen LogP contribution in [0.2, 0.25) is 0 Å². The topological polar surface area (TPSA) is 85.0 Å². The summed E-state index contributed by atoms with van der Waals surface area (Å²) in [6.07, 6.45) is 6.71. The van der Waals surface area contributed by atoms with Crippen molar-refractivity contribution in [3.8, 4) is 11.8 Å². The molecule has 0 saturated heterocycles. The van der Waals surface area contributed by atoms with Crippen LogP contribution < -0.4 is 5.73 Å². The minimum Gasteiger partial charge on any atom is -0.368 e. The molecule has 0 bridgehead atoms. The number of aryl methyl sites for hydroxylation is 1. The second-order valence-corrected chi connectivity index (χ2v) is 6.06. The molecule has 0 spiro atoms. The lowest BCUT2D eigenvalue weighted by Crippen LogP contribution is -2.34. The minimum absolute atomic E-state index is 0.162. The van der Waals surface area contributed by atoms with Gasteiger partial charge in [0.25, 0.3) is 0 Å². The molecule has 6 heteroatoms. The predicted molar refractivity (Wildman–Crippen MR) is 101 cm³/mol. The van der Waals surface area contributed by atoms with Gasteiger partial charge >= 0.3 is 0 Å². The van der Waals surface area contributed by atoms with Crippen molar-refractivity contribution in [2.24, 2.45) is 0 Å². The molecule has 0 atom stereocenters. The molecule has 2 aromatic heterocycles. The van der Waals surface area contributed by atoms with Gasteiger partial charge in [-0.2, -0.15) is 0 Å². The van der Waals surface area contributed by atoms with Crippen molar-refractivity contribution >= 4 is 17.4 Å². The zero-order valence-corrected chi connectivity index (χ0v) is 15.0. The van der Waals surface area contributed by atoms with Crippen molar-refractivity contribution in [1.82, 2.24) is 19.9 Å². The third-order valence-corrected chi connectivity index (χ3v) is 4.27. The molecule has 3 heterocycles. The Labute approximate surface area is 153 Å². The largest absolute Gasteiger partial charge is 0.368 e. The fraction of sp³-hybridized carbons (Fsp3) is 0.300. The van der Waals surface area contributed by atoms with Gasteiger partial charge in [0.15, 0.2) is 0 Å². The van der Waals surface area contributed by atoms with Gasteiger partial charge in [-0.3, -0.25) is 9.78 Å². The molecule has 1 aliphatic heterocycles. The number of carbonyl (C=O) groups is 1. The molecule has 1 aliphatic rings. The Hall–Kier alpha value is -3.20. The second kappa shape index (κ2) is 7.79. The first-order chi connectivity index (χ1) is 12.6. The van der Waals surface area contributed by atoms with E-state index in [1.807, 2.05) is 37.0 Å². The molecular weight excluding hydrogens is 326 g/mol. The van der Waals surface area contributed by atoms with E-state index in [1.165, 1.54) is 0 Å². The molecule has 0 unspecified atom stereocenters. The molecule has 26 heavy (non-hydrogen) atoms. The number of aromatic nitrogens is 3. The number of rotatable bonds is 2. The van der Waals surface area contributed by atoms with Crippen LogP contribution in [0.25, 0.3) is 5.57 Å². The molecule has 0 fully saturated rings. The molecule has 0 radical (unpaired) electrons. The molecule has 1 amide bonds. The summed E-state index contributed by atoms with van der Waals surface area (Å²) in [5.41, 5.74) is 10.0. The highest BCUT2D eigenvalue weighted by Gasteiger charge is 2.20. The Morgan fingerprint density at radius 2 is 2.19 bits per heavy atom. The highest BCUT2D eigenvalue weighted by molar-refractivity contribution is 5.78. The minimum atomic E-state index is 0.162. The fourth-order valence-corrected chi connectivity index (χ4v) is 2.88. The smallest absolute Gasteiger partial charge is 0.222 e. The lowest BCUT2D eigenvalue weighted by atomic mass is 9.99. The van der Waals surface area contributed by atoms with Crippen molar-refractivity contribution in [3.05, 3.63) is 53.1 Å². The summed E-state index contributed by atoms with van der Waals surface area (Å²) in [7, 11) is 0. The van der Waals surface area contributed by atoms with Crippen LogP contribution in [0.3, 0.4) is 0 Å². The van der Waals surface area contributed by atoms with Gasteiger partial charge in [0.2, 0.25) is 11.9 Å². The Morgan fingerprint density at radius 1 is 1.35 bits per heavy atom. The van der Waals surface area contributed by atoms with Crippen molar-refractivity contribution < 1.29 is 4.79 Å². The highest BCUT2D eigenvalue weighted by Crippen LogP contribution is 2.25. The van der Waals surface area contributed by atoms with Crippen molar-refractivity contribution in [3.63, 3.8) is 0 Å². The van der Waals surface area contributed by atoms with E-state index < -0.39 is 0 Å². The SMILES string of the molecule is CCC(=O)N1CC=C(c2nc(N)nc(C)c2C#Cc2cccnc2)CC1. The van der Waals surface area contributed by atoms with E-state index in [-0.39, 0.29) is 11.9 Å². The first-order valence-corrected chi connectivity index (χ1v) is 8.61. The van der Waals surface area contributed by atoms with Gasteiger partial charge in [-0.1, -0.05) is 24.8 Å². The van der Waals surface area contributed by atoms with Crippen LogP contribution >= 0.6 is 0 Å². The predicted octanol–water partition coefficient (Wildman–Crippen LogP) is 2.19. The van der Waals surface area contributed by atoms with E-state index in [9.17, 15) is 4.79 Å². The molecular formula is C20H21N5O. The summed E-state index contributed by atoms with van der Waals surface area (Å²) < 4.78 is 0. The number of anilines is 1. The van der Waals surface area contributed by atoms with Gasteiger partial charge in [0, 0.05) is 37.5 Å². The number of nitrogens with zero attached hydrogens (tertiary/aromatic N) is 4. The number of carbonyl (C=O) groups excluding carboxylic acids is 1. The zero-order chi connectivity index (χ0) is 18.5. The molecule has 2 N–H and O–H groups in total. The average Bonchev–Trinajstić information content (AvgIpc) is 2.67. The molecule has 2 aromatic rings. The summed E-state index contributed by atoms with van der Waals surface area (Å²) >= 11 is 0. The van der Waals surface area contributed by atoms with E-state index in [0.717, 1.165) is 34.5 Å². The van der Waals surface area contributed by atoms with Crippen LogP contribution in [0.5, 0.6) is 0 Å². The van der Waals surface area contributed by atoms with E-state index in [4.69, 9.17) is 5.73 Å². The lowest BCUT2D eigenvalue weighted by molar-refractivity contribution is -0.130. The van der Waals surface area contributed by atoms with Crippen molar-refractivity contribution in [1.29, 1.82) is 0 Å². The van der Waals surface area contributed by atoms with Crippen LogP contribution in [-0.2, 0) is 4.79 Å². The fourth-order valence-electron chi connectivity index (χ4n) is 2.88. The number of nitrogen functional groups attached to an aromatic ring is 1. The molecule has 0 saturated carbocycles.